The van der Waals surface area contributed by atoms with Crippen LogP contribution in [0.25, 0.3) is 11.5 Å². The van der Waals surface area contributed by atoms with Crippen molar-refractivity contribution in [1.29, 1.82) is 0 Å². The summed E-state index contributed by atoms with van der Waals surface area (Å²) in [4.78, 5) is 16.9. The van der Waals surface area contributed by atoms with Crippen molar-refractivity contribution in [3.05, 3.63) is 39.8 Å². The van der Waals surface area contributed by atoms with Crippen molar-refractivity contribution in [2.75, 3.05) is 0 Å². The molecule has 0 unspecified atom stereocenters. The van der Waals surface area contributed by atoms with Gasteiger partial charge in [0.05, 0.1) is 0 Å². The van der Waals surface area contributed by atoms with Gasteiger partial charge in [-0.3, -0.25) is 0 Å². The van der Waals surface area contributed by atoms with Gasteiger partial charge in [-0.15, -0.1) is 0 Å². The Labute approximate surface area is 123 Å². The van der Waals surface area contributed by atoms with Crippen LogP contribution in [0, 0.1) is 13.8 Å². The number of rotatable bonds is 0. The molecule has 0 aromatic heterocycles. The van der Waals surface area contributed by atoms with E-state index in [2.05, 4.69) is 19.9 Å². The molecule has 0 spiro atoms. The van der Waals surface area contributed by atoms with Crippen LogP contribution in [0.3, 0.4) is 0 Å². The van der Waals surface area contributed by atoms with Crippen LogP contribution in [-0.4, -0.2) is 12.8 Å². The normalized spacial score (nSPS) is 11.4. The largest absolute Gasteiger partial charge is 3.00 e. The minimum Gasteiger partial charge on any atom is -0.671 e. The number of amides is 2. The molecular weight excluding hydrogens is 264 g/mol. The molecular formula is C13H19N2O2Ti. The number of carbonyl (C=O) groups is 2. The standard InChI is InChI=1S/C11H15.2CH3NO.Ti/c1-8-7-10-5-3-4-6-11(10)9(8)2;2*2-1-3;/h7H,3-6H2,1-2H3;2*1H,(H2,2,3);/q-1;;;+3/p-2. The molecule has 1 aliphatic carbocycles. The van der Waals surface area contributed by atoms with Gasteiger partial charge < -0.3 is 21.1 Å². The summed E-state index contributed by atoms with van der Waals surface area (Å²) < 4.78 is 0. The van der Waals surface area contributed by atoms with Gasteiger partial charge in [0, 0.05) is 12.8 Å². The third-order valence-electron chi connectivity index (χ3n) is 2.95. The molecule has 4 nitrogen and oxygen atoms in total. The average molecular weight is 283 g/mol. The zero-order valence-corrected chi connectivity index (χ0v) is 12.4. The summed E-state index contributed by atoms with van der Waals surface area (Å²) in [5.41, 5.74) is 17.4. The second kappa shape index (κ2) is 11.1. The van der Waals surface area contributed by atoms with Gasteiger partial charge in [-0.1, -0.05) is 39.5 Å². The molecule has 0 atom stereocenters. The first kappa shape index (κ1) is 19.3. The third-order valence-corrected chi connectivity index (χ3v) is 2.95. The van der Waals surface area contributed by atoms with Gasteiger partial charge in [0.25, 0.3) is 0 Å². The second-order valence-electron chi connectivity index (χ2n) is 3.90. The maximum Gasteiger partial charge on any atom is 3.00 e. The summed E-state index contributed by atoms with van der Waals surface area (Å²) in [5, 5.41) is 0. The molecule has 2 N–H and O–H groups in total. The van der Waals surface area contributed by atoms with E-state index in [1.807, 2.05) is 0 Å². The van der Waals surface area contributed by atoms with Gasteiger partial charge in [0.2, 0.25) is 0 Å². The molecule has 97 valence electrons. The van der Waals surface area contributed by atoms with Crippen molar-refractivity contribution >= 4 is 12.8 Å². The Bertz CT molecular complexity index is 356. The average Bonchev–Trinajstić information content (AvgIpc) is 2.58. The van der Waals surface area contributed by atoms with Crippen molar-refractivity contribution < 1.29 is 31.3 Å². The van der Waals surface area contributed by atoms with Gasteiger partial charge in [0.1, 0.15) is 0 Å². The summed E-state index contributed by atoms with van der Waals surface area (Å²) in [6.07, 6.45) is 5.45. The number of carbonyl (C=O) groups excluding carboxylic acids is 2. The Hall–Kier alpha value is -0.996. The van der Waals surface area contributed by atoms with E-state index in [1.54, 1.807) is 16.7 Å². The van der Waals surface area contributed by atoms with Gasteiger partial charge >= 0.3 is 21.7 Å². The molecule has 0 saturated heterocycles. The van der Waals surface area contributed by atoms with Gasteiger partial charge in [-0.25, -0.2) is 6.07 Å². The Morgan fingerprint density at radius 3 is 2.06 bits per heavy atom. The SMILES string of the molecule is Cc1cc2c([c-]1C)CCCC2.[NH-]C=O.[NH-]C=O.[Ti+3]. The summed E-state index contributed by atoms with van der Waals surface area (Å²) in [6.45, 7) is 4.49. The Morgan fingerprint density at radius 1 is 1.17 bits per heavy atom. The van der Waals surface area contributed by atoms with Gasteiger partial charge in [-0.05, 0) is 0 Å². The minimum absolute atomic E-state index is 0. The van der Waals surface area contributed by atoms with E-state index in [1.165, 1.54) is 31.2 Å². The van der Waals surface area contributed by atoms with Gasteiger partial charge in [0.15, 0.2) is 0 Å². The summed E-state index contributed by atoms with van der Waals surface area (Å²) in [7, 11) is 0. The number of hydrogen-bond donors (Lipinski definition) is 0. The van der Waals surface area contributed by atoms with Crippen LogP contribution >= 0.6 is 0 Å². The molecule has 1 aliphatic rings. The fraction of sp³-hybridized carbons (Fsp3) is 0.462. The molecule has 1 aromatic rings. The number of fused-ring (bicyclic) bond motifs is 1. The van der Waals surface area contributed by atoms with Crippen molar-refractivity contribution in [3.8, 4) is 0 Å². The molecule has 5 heteroatoms. The second-order valence-corrected chi connectivity index (χ2v) is 3.90. The Balaban J connectivity index is 0. The summed E-state index contributed by atoms with van der Waals surface area (Å²) >= 11 is 0. The van der Waals surface area contributed by atoms with Crippen molar-refractivity contribution in [1.82, 2.24) is 0 Å². The number of aryl methyl sites for hydroxylation is 2. The van der Waals surface area contributed by atoms with E-state index in [4.69, 9.17) is 21.1 Å². The van der Waals surface area contributed by atoms with Crippen LogP contribution in [0.2, 0.25) is 0 Å². The molecule has 0 saturated carbocycles. The van der Waals surface area contributed by atoms with Crippen LogP contribution in [0.15, 0.2) is 6.07 Å². The van der Waals surface area contributed by atoms with Crippen LogP contribution in [0.4, 0.5) is 0 Å². The van der Waals surface area contributed by atoms with Crippen molar-refractivity contribution in [2.24, 2.45) is 0 Å². The first-order valence-corrected chi connectivity index (χ1v) is 5.58. The molecule has 1 aromatic carbocycles. The fourth-order valence-electron chi connectivity index (χ4n) is 2.12. The molecule has 2 amide bonds. The van der Waals surface area contributed by atoms with E-state index in [9.17, 15) is 0 Å². The zero-order valence-electron chi connectivity index (χ0n) is 10.9. The molecule has 0 fully saturated rings. The van der Waals surface area contributed by atoms with E-state index >= 15 is 0 Å². The van der Waals surface area contributed by atoms with E-state index in [0.29, 0.717) is 0 Å². The number of nitrogens with one attached hydrogen (secondary N) is 2. The first-order valence-electron chi connectivity index (χ1n) is 5.58. The molecule has 1 radical (unpaired) electrons. The topological polar surface area (TPSA) is 81.7 Å². The predicted octanol–water partition coefficient (Wildman–Crippen LogP) is 3.29. The Kier molecular flexibility index (Phi) is 11.9. The molecule has 18 heavy (non-hydrogen) atoms. The molecule has 2 rings (SSSR count). The van der Waals surface area contributed by atoms with Crippen LogP contribution < -0.4 is 0 Å². The minimum atomic E-state index is 0. The Morgan fingerprint density at radius 2 is 1.61 bits per heavy atom. The molecule has 0 bridgehead atoms. The first-order chi connectivity index (χ1) is 8.12. The maximum absolute atomic E-state index is 8.47. The van der Waals surface area contributed by atoms with Crippen LogP contribution in [0.5, 0.6) is 0 Å². The maximum atomic E-state index is 8.47. The zero-order chi connectivity index (χ0) is 13.3. The summed E-state index contributed by atoms with van der Waals surface area (Å²) in [6, 6.07) is 2.38. The fourth-order valence-corrected chi connectivity index (χ4v) is 2.12. The monoisotopic (exact) mass is 283 g/mol. The van der Waals surface area contributed by atoms with Crippen molar-refractivity contribution in [2.45, 2.75) is 39.5 Å². The van der Waals surface area contributed by atoms with Gasteiger partial charge in [-0.2, -0.15) is 22.3 Å². The van der Waals surface area contributed by atoms with Crippen LogP contribution in [-0.2, 0) is 44.1 Å². The van der Waals surface area contributed by atoms with E-state index < -0.39 is 0 Å². The molecule has 0 aliphatic heterocycles. The van der Waals surface area contributed by atoms with Crippen LogP contribution in [0.1, 0.15) is 35.1 Å². The van der Waals surface area contributed by atoms with Crippen molar-refractivity contribution in [3.63, 3.8) is 0 Å². The predicted molar refractivity (Wildman–Crippen MR) is 68.9 cm³/mol. The van der Waals surface area contributed by atoms with E-state index in [-0.39, 0.29) is 34.5 Å². The summed E-state index contributed by atoms with van der Waals surface area (Å²) in [5.74, 6) is 0. The van der Waals surface area contributed by atoms with E-state index in [0.717, 1.165) is 0 Å². The third kappa shape index (κ3) is 6.08. The smallest absolute Gasteiger partial charge is 0.671 e. The molecule has 0 heterocycles. The number of hydrogen-bond acceptors (Lipinski definition) is 2. The quantitative estimate of drug-likeness (QED) is 0.416.